The van der Waals surface area contributed by atoms with E-state index in [1.807, 2.05) is 32.0 Å². The summed E-state index contributed by atoms with van der Waals surface area (Å²) in [5.41, 5.74) is 9.01. The van der Waals surface area contributed by atoms with Crippen LogP contribution >= 0.6 is 24.0 Å². The van der Waals surface area contributed by atoms with Crippen LogP contribution in [0.5, 0.6) is 5.75 Å². The Bertz CT molecular complexity index is 519. The molecule has 0 aromatic heterocycles. The van der Waals surface area contributed by atoms with E-state index in [9.17, 15) is 0 Å². The van der Waals surface area contributed by atoms with Gasteiger partial charge in [-0.1, -0.05) is 24.3 Å². The van der Waals surface area contributed by atoms with Gasteiger partial charge in [-0.2, -0.15) is 0 Å². The lowest BCUT2D eigenvalue weighted by atomic mass is 10.1. The van der Waals surface area contributed by atoms with E-state index in [0.29, 0.717) is 32.3 Å². The molecule has 0 unspecified atom stereocenters. The van der Waals surface area contributed by atoms with Gasteiger partial charge < -0.3 is 20.5 Å². The first-order chi connectivity index (χ1) is 10.5. The first-order valence-corrected chi connectivity index (χ1v) is 7.42. The Hall–Kier alpha value is -1.28. The third kappa shape index (κ3) is 9.45. The Kier molecular flexibility index (Phi) is 11.5. The lowest BCUT2D eigenvalue weighted by Crippen LogP contribution is -2.32. The molecule has 0 saturated carbocycles. The summed E-state index contributed by atoms with van der Waals surface area (Å²) in [6.07, 6.45) is 0.857. The zero-order chi connectivity index (χ0) is 16.4. The normalized spacial score (nSPS) is 10.8. The second-order valence-corrected chi connectivity index (χ2v) is 5.32. The Morgan fingerprint density at radius 2 is 2.09 bits per heavy atom. The minimum Gasteiger partial charge on any atom is -0.493 e. The standard InChI is InChI=1S/C17H27N3O2.HI/c1-13(2)11-19-17(18)20-12-15-7-6-14(3)10-16(15)22-9-5-8-21-4;/h6-7,10H,1,5,8-9,11-12H2,2-4H3,(H3,18,19,20);1H. The van der Waals surface area contributed by atoms with E-state index in [-0.39, 0.29) is 24.0 Å². The molecule has 1 aromatic carbocycles. The fourth-order valence-electron chi connectivity index (χ4n) is 1.78. The molecule has 5 nitrogen and oxygen atoms in total. The van der Waals surface area contributed by atoms with Crippen molar-refractivity contribution in [3.63, 3.8) is 0 Å². The molecular formula is C17H28IN3O2. The molecule has 0 atom stereocenters. The van der Waals surface area contributed by atoms with Gasteiger partial charge in [-0.05, 0) is 25.5 Å². The van der Waals surface area contributed by atoms with Crippen LogP contribution in [0.2, 0.25) is 0 Å². The van der Waals surface area contributed by atoms with E-state index in [1.54, 1.807) is 7.11 Å². The molecule has 1 rings (SSSR count). The monoisotopic (exact) mass is 433 g/mol. The minimum atomic E-state index is 0. The Morgan fingerprint density at radius 1 is 1.35 bits per heavy atom. The predicted octanol–water partition coefficient (Wildman–Crippen LogP) is 3.01. The summed E-state index contributed by atoms with van der Waals surface area (Å²) in [5.74, 6) is 1.27. The molecule has 23 heavy (non-hydrogen) atoms. The van der Waals surface area contributed by atoms with Crippen molar-refractivity contribution >= 4 is 29.9 Å². The number of hydrogen-bond acceptors (Lipinski definition) is 3. The number of hydrogen-bond donors (Lipinski definition) is 2. The number of methoxy groups -OCH3 is 1. The summed E-state index contributed by atoms with van der Waals surface area (Å²) in [6.45, 7) is 10.2. The highest BCUT2D eigenvalue weighted by atomic mass is 127. The molecule has 0 aliphatic carbocycles. The highest BCUT2D eigenvalue weighted by Gasteiger charge is 2.04. The van der Waals surface area contributed by atoms with Crippen LogP contribution in [0, 0.1) is 6.92 Å². The summed E-state index contributed by atoms with van der Waals surface area (Å²) < 4.78 is 10.9. The summed E-state index contributed by atoms with van der Waals surface area (Å²) in [5, 5.41) is 3.01. The molecule has 0 aliphatic heterocycles. The van der Waals surface area contributed by atoms with Crippen molar-refractivity contribution in [1.82, 2.24) is 5.32 Å². The lowest BCUT2D eigenvalue weighted by molar-refractivity contribution is 0.172. The summed E-state index contributed by atoms with van der Waals surface area (Å²) in [6, 6.07) is 6.09. The van der Waals surface area contributed by atoms with E-state index >= 15 is 0 Å². The van der Waals surface area contributed by atoms with Crippen molar-refractivity contribution in [3.05, 3.63) is 41.5 Å². The maximum atomic E-state index is 5.83. The topological polar surface area (TPSA) is 68.9 Å². The van der Waals surface area contributed by atoms with Crippen LogP contribution in [0.4, 0.5) is 0 Å². The van der Waals surface area contributed by atoms with Crippen LogP contribution in [0.15, 0.2) is 35.3 Å². The molecule has 130 valence electrons. The smallest absolute Gasteiger partial charge is 0.189 e. The van der Waals surface area contributed by atoms with Gasteiger partial charge in [0.05, 0.1) is 13.2 Å². The number of nitrogens with two attached hydrogens (primary N) is 1. The fraction of sp³-hybridized carbons (Fsp3) is 0.471. The SMILES string of the molecule is C=C(C)CNC(N)=NCc1ccc(C)cc1OCCCOC.I. The van der Waals surface area contributed by atoms with E-state index < -0.39 is 0 Å². The lowest BCUT2D eigenvalue weighted by Gasteiger charge is -2.12. The highest BCUT2D eigenvalue weighted by molar-refractivity contribution is 14.0. The first kappa shape index (κ1) is 21.7. The zero-order valence-corrected chi connectivity index (χ0v) is 16.6. The van der Waals surface area contributed by atoms with Gasteiger partial charge in [0.1, 0.15) is 5.75 Å². The molecule has 0 spiro atoms. The van der Waals surface area contributed by atoms with Crippen LogP contribution in [-0.4, -0.2) is 32.8 Å². The minimum absolute atomic E-state index is 0. The molecule has 6 heteroatoms. The molecule has 1 aromatic rings. The van der Waals surface area contributed by atoms with Gasteiger partial charge in [-0.15, -0.1) is 24.0 Å². The van der Waals surface area contributed by atoms with Gasteiger partial charge in [0.2, 0.25) is 0 Å². The van der Waals surface area contributed by atoms with Crippen LogP contribution < -0.4 is 15.8 Å². The van der Waals surface area contributed by atoms with Crippen molar-refractivity contribution in [2.45, 2.75) is 26.8 Å². The molecule has 0 radical (unpaired) electrons. The van der Waals surface area contributed by atoms with Gasteiger partial charge in [0.15, 0.2) is 5.96 Å². The molecule has 0 fully saturated rings. The van der Waals surface area contributed by atoms with E-state index in [2.05, 4.69) is 16.9 Å². The number of halogens is 1. The van der Waals surface area contributed by atoms with Crippen molar-refractivity contribution in [3.8, 4) is 5.75 Å². The molecule has 0 amide bonds. The van der Waals surface area contributed by atoms with Gasteiger partial charge in [0, 0.05) is 32.2 Å². The Morgan fingerprint density at radius 3 is 2.74 bits per heavy atom. The Labute approximate surface area is 156 Å². The van der Waals surface area contributed by atoms with Crippen molar-refractivity contribution < 1.29 is 9.47 Å². The number of ether oxygens (including phenoxy) is 2. The van der Waals surface area contributed by atoms with Crippen LogP contribution in [0.3, 0.4) is 0 Å². The van der Waals surface area contributed by atoms with E-state index in [4.69, 9.17) is 15.2 Å². The predicted molar refractivity (Wildman–Crippen MR) is 107 cm³/mol. The molecule has 0 heterocycles. The van der Waals surface area contributed by atoms with Gasteiger partial charge in [-0.3, -0.25) is 0 Å². The third-order valence-electron chi connectivity index (χ3n) is 2.96. The number of aliphatic imine (C=N–C) groups is 1. The van der Waals surface area contributed by atoms with Gasteiger partial charge >= 0.3 is 0 Å². The average molecular weight is 433 g/mol. The van der Waals surface area contributed by atoms with Crippen LogP contribution in [0.1, 0.15) is 24.5 Å². The fourth-order valence-corrected chi connectivity index (χ4v) is 1.78. The first-order valence-electron chi connectivity index (χ1n) is 7.42. The molecule has 0 saturated heterocycles. The van der Waals surface area contributed by atoms with Gasteiger partial charge in [-0.25, -0.2) is 4.99 Å². The molecule has 0 bridgehead atoms. The summed E-state index contributed by atoms with van der Waals surface area (Å²) in [7, 11) is 1.69. The van der Waals surface area contributed by atoms with E-state index in [0.717, 1.165) is 28.9 Å². The number of guanidine groups is 1. The third-order valence-corrected chi connectivity index (χ3v) is 2.96. The van der Waals surface area contributed by atoms with Crippen molar-refractivity contribution in [2.24, 2.45) is 10.7 Å². The number of nitrogens with zero attached hydrogens (tertiary/aromatic N) is 1. The van der Waals surface area contributed by atoms with Gasteiger partial charge in [0.25, 0.3) is 0 Å². The largest absolute Gasteiger partial charge is 0.493 e. The quantitative estimate of drug-likeness (QED) is 0.207. The second-order valence-electron chi connectivity index (χ2n) is 5.32. The Balaban J connectivity index is 0.00000484. The molecular weight excluding hydrogens is 405 g/mol. The number of nitrogens with one attached hydrogen (secondary N) is 1. The maximum absolute atomic E-state index is 5.83. The molecule has 0 aliphatic rings. The number of rotatable bonds is 9. The second kappa shape index (κ2) is 12.2. The zero-order valence-electron chi connectivity index (χ0n) is 14.2. The highest BCUT2D eigenvalue weighted by Crippen LogP contribution is 2.21. The maximum Gasteiger partial charge on any atom is 0.189 e. The number of benzene rings is 1. The van der Waals surface area contributed by atoms with Crippen LogP contribution in [-0.2, 0) is 11.3 Å². The van der Waals surface area contributed by atoms with Crippen molar-refractivity contribution in [1.29, 1.82) is 0 Å². The summed E-state index contributed by atoms with van der Waals surface area (Å²) in [4.78, 5) is 4.34. The summed E-state index contributed by atoms with van der Waals surface area (Å²) >= 11 is 0. The van der Waals surface area contributed by atoms with Crippen LogP contribution in [0.25, 0.3) is 0 Å². The van der Waals surface area contributed by atoms with E-state index in [1.165, 1.54) is 0 Å². The number of aryl methyl sites for hydroxylation is 1. The molecule has 3 N–H and O–H groups in total. The average Bonchev–Trinajstić information content (AvgIpc) is 2.48. The van der Waals surface area contributed by atoms with Crippen molar-refractivity contribution in [2.75, 3.05) is 26.9 Å².